The number of morpholine rings is 1. The number of rotatable bonds is 0. The second-order valence-electron chi connectivity index (χ2n) is 5.54. The Kier molecular flexibility index (Phi) is 2.62. The molecule has 1 saturated carbocycles. The molecular formula is C11H19NO4. The van der Waals surface area contributed by atoms with Gasteiger partial charge in [0.1, 0.15) is 11.2 Å². The molecule has 1 spiro atoms. The molecule has 2 atom stereocenters. The Morgan fingerprint density at radius 2 is 2.19 bits per heavy atom. The predicted octanol–water partition coefficient (Wildman–Crippen LogP) is 0.757. The molecule has 0 aromatic carbocycles. The van der Waals surface area contributed by atoms with Crippen molar-refractivity contribution in [1.29, 1.82) is 0 Å². The van der Waals surface area contributed by atoms with Crippen LogP contribution in [0.25, 0.3) is 0 Å². The molecule has 1 aliphatic heterocycles. The molecule has 92 valence electrons. The van der Waals surface area contributed by atoms with Crippen molar-refractivity contribution in [3.05, 3.63) is 0 Å². The summed E-state index contributed by atoms with van der Waals surface area (Å²) in [4.78, 5) is 13.4. The molecular weight excluding hydrogens is 210 g/mol. The maximum Gasteiger partial charge on any atom is 0.410 e. The van der Waals surface area contributed by atoms with Crippen LogP contribution in [0.3, 0.4) is 0 Å². The van der Waals surface area contributed by atoms with Crippen LogP contribution >= 0.6 is 0 Å². The van der Waals surface area contributed by atoms with Crippen LogP contribution in [0.2, 0.25) is 0 Å². The molecule has 2 aliphatic rings. The molecule has 0 bridgehead atoms. The van der Waals surface area contributed by atoms with Gasteiger partial charge >= 0.3 is 6.09 Å². The highest BCUT2D eigenvalue weighted by atomic mass is 16.6. The lowest BCUT2D eigenvalue weighted by molar-refractivity contribution is -0.0715. The van der Waals surface area contributed by atoms with Crippen LogP contribution in [0, 0.1) is 0 Å². The number of nitrogens with zero attached hydrogens (tertiary/aromatic N) is 1. The Morgan fingerprint density at radius 1 is 1.56 bits per heavy atom. The van der Waals surface area contributed by atoms with Gasteiger partial charge in [-0.2, -0.15) is 0 Å². The molecule has 5 heteroatoms. The van der Waals surface area contributed by atoms with Gasteiger partial charge in [-0.25, -0.2) is 4.79 Å². The minimum atomic E-state index is -0.505. The Hall–Kier alpha value is -0.810. The van der Waals surface area contributed by atoms with E-state index in [9.17, 15) is 9.90 Å². The third kappa shape index (κ3) is 2.30. The van der Waals surface area contributed by atoms with Gasteiger partial charge in [-0.3, -0.25) is 0 Å². The fraction of sp³-hybridized carbons (Fsp3) is 0.909. The molecule has 1 unspecified atom stereocenters. The van der Waals surface area contributed by atoms with Crippen molar-refractivity contribution in [3.63, 3.8) is 0 Å². The third-order valence-electron chi connectivity index (χ3n) is 2.85. The van der Waals surface area contributed by atoms with E-state index in [4.69, 9.17) is 9.47 Å². The topological polar surface area (TPSA) is 59.0 Å². The summed E-state index contributed by atoms with van der Waals surface area (Å²) in [7, 11) is 0. The van der Waals surface area contributed by atoms with E-state index >= 15 is 0 Å². The number of hydrogen-bond donors (Lipinski definition) is 1. The van der Waals surface area contributed by atoms with E-state index in [-0.39, 0.29) is 6.09 Å². The van der Waals surface area contributed by atoms with Crippen molar-refractivity contribution in [1.82, 2.24) is 4.90 Å². The van der Waals surface area contributed by atoms with E-state index in [0.29, 0.717) is 26.1 Å². The van der Waals surface area contributed by atoms with Gasteiger partial charge in [-0.15, -0.1) is 0 Å². The number of aliphatic hydroxyl groups excluding tert-OH is 1. The van der Waals surface area contributed by atoms with Crippen molar-refractivity contribution in [3.8, 4) is 0 Å². The highest BCUT2D eigenvalue weighted by Gasteiger charge is 2.58. The SMILES string of the molecule is CC(C)(C)OC(=O)N1CCOC2(C[C@H]2O)C1. The lowest BCUT2D eigenvalue weighted by Gasteiger charge is -2.34. The van der Waals surface area contributed by atoms with Crippen LogP contribution < -0.4 is 0 Å². The average molecular weight is 229 g/mol. The molecule has 2 fully saturated rings. The van der Waals surface area contributed by atoms with Crippen molar-refractivity contribution < 1.29 is 19.4 Å². The second-order valence-corrected chi connectivity index (χ2v) is 5.54. The quantitative estimate of drug-likeness (QED) is 0.666. The highest BCUT2D eigenvalue weighted by molar-refractivity contribution is 5.68. The van der Waals surface area contributed by atoms with Gasteiger partial charge in [-0.1, -0.05) is 0 Å². The number of amides is 1. The van der Waals surface area contributed by atoms with Gasteiger partial charge in [0.25, 0.3) is 0 Å². The number of ether oxygens (including phenoxy) is 2. The van der Waals surface area contributed by atoms with Crippen LogP contribution in [0.15, 0.2) is 0 Å². The molecule has 1 heterocycles. The second kappa shape index (κ2) is 3.60. The molecule has 5 nitrogen and oxygen atoms in total. The van der Waals surface area contributed by atoms with E-state index in [2.05, 4.69) is 0 Å². The van der Waals surface area contributed by atoms with Crippen molar-refractivity contribution in [2.45, 2.75) is 44.5 Å². The monoisotopic (exact) mass is 229 g/mol. The Bertz CT molecular complexity index is 299. The van der Waals surface area contributed by atoms with Crippen LogP contribution in [-0.2, 0) is 9.47 Å². The Labute approximate surface area is 95.3 Å². The predicted molar refractivity (Wildman–Crippen MR) is 57.1 cm³/mol. The van der Waals surface area contributed by atoms with Gasteiger partial charge in [0.05, 0.1) is 19.3 Å². The molecule has 0 aromatic rings. The summed E-state index contributed by atoms with van der Waals surface area (Å²) in [6, 6.07) is 0. The minimum absolute atomic E-state index is 0.325. The van der Waals surface area contributed by atoms with E-state index in [0.717, 1.165) is 0 Å². The molecule has 1 N–H and O–H groups in total. The van der Waals surface area contributed by atoms with Gasteiger partial charge < -0.3 is 19.5 Å². The summed E-state index contributed by atoms with van der Waals surface area (Å²) in [5.74, 6) is 0. The minimum Gasteiger partial charge on any atom is -0.444 e. The van der Waals surface area contributed by atoms with E-state index in [1.807, 2.05) is 20.8 Å². The molecule has 0 aromatic heterocycles. The zero-order valence-electron chi connectivity index (χ0n) is 10.0. The number of aliphatic hydroxyl groups is 1. The lowest BCUT2D eigenvalue weighted by atomic mass is 10.2. The molecule has 16 heavy (non-hydrogen) atoms. The Balaban J connectivity index is 1.92. The standard InChI is InChI=1S/C11H19NO4/c1-10(2,3)16-9(14)12-4-5-15-11(7-12)6-8(11)13/h8,13H,4-7H2,1-3H3/t8-,11?/m1/s1. The van der Waals surface area contributed by atoms with Crippen molar-refractivity contribution >= 4 is 6.09 Å². The van der Waals surface area contributed by atoms with Crippen molar-refractivity contribution in [2.75, 3.05) is 19.7 Å². The normalized spacial score (nSPS) is 34.0. The zero-order chi connectivity index (χ0) is 12.0. The first-order chi connectivity index (χ1) is 7.32. The maximum atomic E-state index is 11.8. The summed E-state index contributed by atoms with van der Waals surface area (Å²) >= 11 is 0. The van der Waals surface area contributed by atoms with Crippen LogP contribution in [0.5, 0.6) is 0 Å². The van der Waals surface area contributed by atoms with E-state index in [1.165, 1.54) is 0 Å². The summed E-state index contributed by atoms with van der Waals surface area (Å²) in [6.07, 6.45) is -0.140. The molecule has 1 amide bonds. The highest BCUT2D eigenvalue weighted by Crippen LogP contribution is 2.42. The number of carbonyl (C=O) groups is 1. The maximum absolute atomic E-state index is 11.8. The average Bonchev–Trinajstić information content (AvgIpc) is 2.73. The first kappa shape index (κ1) is 11.7. The van der Waals surface area contributed by atoms with Gasteiger partial charge in [0.2, 0.25) is 0 Å². The van der Waals surface area contributed by atoms with Crippen LogP contribution in [0.4, 0.5) is 4.79 Å². The van der Waals surface area contributed by atoms with E-state index in [1.54, 1.807) is 4.90 Å². The molecule has 2 rings (SSSR count). The fourth-order valence-corrected chi connectivity index (χ4v) is 1.88. The first-order valence-corrected chi connectivity index (χ1v) is 5.62. The summed E-state index contributed by atoms with van der Waals surface area (Å²) < 4.78 is 10.8. The first-order valence-electron chi connectivity index (χ1n) is 5.62. The molecule has 0 radical (unpaired) electrons. The Morgan fingerprint density at radius 3 is 2.69 bits per heavy atom. The van der Waals surface area contributed by atoms with Crippen LogP contribution in [0.1, 0.15) is 27.2 Å². The molecule has 1 saturated heterocycles. The zero-order valence-corrected chi connectivity index (χ0v) is 10.0. The van der Waals surface area contributed by atoms with Gasteiger partial charge in [-0.05, 0) is 20.8 Å². The lowest BCUT2D eigenvalue weighted by Crippen LogP contribution is -2.49. The smallest absolute Gasteiger partial charge is 0.410 e. The number of carbonyl (C=O) groups excluding carboxylic acids is 1. The van der Waals surface area contributed by atoms with Gasteiger partial charge in [0, 0.05) is 13.0 Å². The molecule has 1 aliphatic carbocycles. The van der Waals surface area contributed by atoms with Gasteiger partial charge in [0.15, 0.2) is 0 Å². The fourth-order valence-electron chi connectivity index (χ4n) is 1.88. The summed E-state index contributed by atoms with van der Waals surface area (Å²) in [5, 5.41) is 9.47. The number of hydrogen-bond acceptors (Lipinski definition) is 4. The summed E-state index contributed by atoms with van der Waals surface area (Å²) in [5.41, 5.74) is -0.986. The third-order valence-corrected chi connectivity index (χ3v) is 2.85. The largest absolute Gasteiger partial charge is 0.444 e. The van der Waals surface area contributed by atoms with Crippen LogP contribution in [-0.4, -0.2) is 53.1 Å². The van der Waals surface area contributed by atoms with Crippen molar-refractivity contribution in [2.24, 2.45) is 0 Å². The summed E-state index contributed by atoms with van der Waals surface area (Å²) in [6.45, 7) is 6.95. The van der Waals surface area contributed by atoms with E-state index < -0.39 is 17.3 Å².